The highest BCUT2D eigenvalue weighted by Gasteiger charge is 2.37. The van der Waals surface area contributed by atoms with Crippen molar-refractivity contribution < 1.29 is 32.6 Å². The summed E-state index contributed by atoms with van der Waals surface area (Å²) in [7, 11) is 3.30. The maximum atomic E-state index is 14.1. The van der Waals surface area contributed by atoms with E-state index in [1.54, 1.807) is 24.4 Å². The van der Waals surface area contributed by atoms with Crippen LogP contribution in [0.25, 0.3) is 22.2 Å². The number of hydrogen-bond donors (Lipinski definition) is 1. The molecule has 11 nitrogen and oxygen atoms in total. The van der Waals surface area contributed by atoms with E-state index in [2.05, 4.69) is 11.9 Å². The Morgan fingerprint density at radius 2 is 1.85 bits per heavy atom. The average Bonchev–Trinajstić information content (AvgIpc) is 3.47. The van der Waals surface area contributed by atoms with Crippen LogP contribution in [0, 0.1) is 17.6 Å². The summed E-state index contributed by atoms with van der Waals surface area (Å²) in [6.45, 7) is 5.81. The summed E-state index contributed by atoms with van der Waals surface area (Å²) in [6, 6.07) is 8.64. The largest absolute Gasteiger partial charge is 0.478 e. The third-order valence-electron chi connectivity index (χ3n) is 8.95. The van der Waals surface area contributed by atoms with Crippen molar-refractivity contribution in [3.05, 3.63) is 71.1 Å². The topological polar surface area (TPSA) is 133 Å². The number of esters is 1. The minimum absolute atomic E-state index is 0.114. The maximum absolute atomic E-state index is 14.1. The number of anilines is 1. The van der Waals surface area contributed by atoms with Gasteiger partial charge in [-0.05, 0) is 80.7 Å². The highest BCUT2D eigenvalue weighted by molar-refractivity contribution is 6.09. The summed E-state index contributed by atoms with van der Waals surface area (Å²) in [4.78, 5) is 47.7. The van der Waals surface area contributed by atoms with E-state index in [0.717, 1.165) is 38.1 Å². The highest BCUT2D eigenvalue weighted by Crippen LogP contribution is 2.42. The predicted octanol–water partition coefficient (Wildman–Crippen LogP) is 4.80. The molecular formula is C35H38F2N6O5. The van der Waals surface area contributed by atoms with E-state index in [0.29, 0.717) is 45.5 Å². The fourth-order valence-electron chi connectivity index (χ4n) is 6.54. The molecule has 2 aromatic heterocycles. The van der Waals surface area contributed by atoms with Gasteiger partial charge in [0.25, 0.3) is 11.8 Å². The number of piperidine rings is 1. The maximum Gasteiger partial charge on any atom is 0.309 e. The smallest absolute Gasteiger partial charge is 0.309 e. The number of halogens is 2. The van der Waals surface area contributed by atoms with Gasteiger partial charge in [-0.15, -0.1) is 0 Å². The summed E-state index contributed by atoms with van der Waals surface area (Å²) < 4.78 is 40.7. The van der Waals surface area contributed by atoms with E-state index in [9.17, 15) is 23.2 Å². The van der Waals surface area contributed by atoms with Crippen molar-refractivity contribution in [2.24, 2.45) is 11.7 Å². The first kappa shape index (κ1) is 33.0. The SMILES string of the molecule is COC(=O)CC1Oc2cc(-c3c(C(N)=O)c(CC(C)C)nc4c3cnn4C3CCN(C)CC3)ccc2N(Cc2ccc(F)c(F)c2)C1=O. The van der Waals surface area contributed by atoms with E-state index in [4.69, 9.17) is 25.3 Å². The Morgan fingerprint density at radius 1 is 1.10 bits per heavy atom. The fraction of sp³-hybridized carbons (Fsp3) is 0.400. The lowest BCUT2D eigenvalue weighted by Gasteiger charge is -2.34. The van der Waals surface area contributed by atoms with E-state index >= 15 is 0 Å². The van der Waals surface area contributed by atoms with Gasteiger partial charge in [0.2, 0.25) is 0 Å². The first-order valence-corrected chi connectivity index (χ1v) is 16.0. The van der Waals surface area contributed by atoms with Crippen LogP contribution in [0.1, 0.15) is 60.8 Å². The molecular weight excluding hydrogens is 622 g/mol. The molecule has 0 aliphatic carbocycles. The lowest BCUT2D eigenvalue weighted by atomic mass is 9.92. The second-order valence-corrected chi connectivity index (χ2v) is 12.9. The number of nitrogens with two attached hydrogens (primary N) is 1. The van der Waals surface area contributed by atoms with Crippen molar-refractivity contribution in [2.45, 2.75) is 58.2 Å². The third-order valence-corrected chi connectivity index (χ3v) is 8.95. The minimum atomic E-state index is -1.25. The Hall–Kier alpha value is -4.91. The van der Waals surface area contributed by atoms with Gasteiger partial charge >= 0.3 is 5.97 Å². The van der Waals surface area contributed by atoms with Crippen molar-refractivity contribution in [1.29, 1.82) is 0 Å². The van der Waals surface area contributed by atoms with E-state index in [-0.39, 0.29) is 36.2 Å². The van der Waals surface area contributed by atoms with Gasteiger partial charge in [0.05, 0.1) is 49.3 Å². The zero-order valence-corrected chi connectivity index (χ0v) is 27.3. The molecule has 4 heterocycles. The predicted molar refractivity (Wildman–Crippen MR) is 174 cm³/mol. The zero-order chi connectivity index (χ0) is 34.3. The van der Waals surface area contributed by atoms with Crippen molar-refractivity contribution in [3.63, 3.8) is 0 Å². The number of amides is 2. The molecule has 2 N–H and O–H groups in total. The monoisotopic (exact) mass is 660 g/mol. The van der Waals surface area contributed by atoms with Crippen molar-refractivity contribution in [2.75, 3.05) is 32.1 Å². The lowest BCUT2D eigenvalue weighted by Crippen LogP contribution is -2.46. The molecule has 2 aromatic carbocycles. The third kappa shape index (κ3) is 6.34. The zero-order valence-electron chi connectivity index (χ0n) is 27.3. The number of pyridine rings is 1. The van der Waals surface area contributed by atoms with Gasteiger partial charge < -0.3 is 25.0 Å². The standard InChI is InChI=1S/C35H38F2N6O5/c1-19(2)13-26-32(33(38)45)31(23-17-39-43(34(23)40-26)22-9-11-41(3)12-10-22)21-6-8-27-28(15-21)48-29(16-30(44)47-4)35(46)42(27)18-20-5-7-24(36)25(37)14-20/h5-8,14-15,17,19,22,29H,9-13,16,18H2,1-4H3,(H2,38,45). The number of ether oxygens (including phenoxy) is 2. The molecule has 6 rings (SSSR count). The van der Waals surface area contributed by atoms with Crippen molar-refractivity contribution >= 4 is 34.5 Å². The number of carbonyl (C=O) groups is 3. The first-order valence-electron chi connectivity index (χ1n) is 16.0. The van der Waals surface area contributed by atoms with Crippen LogP contribution < -0.4 is 15.4 Å². The van der Waals surface area contributed by atoms with Crippen LogP contribution in [-0.4, -0.2) is 70.8 Å². The van der Waals surface area contributed by atoms with Gasteiger partial charge in [-0.2, -0.15) is 5.10 Å². The number of nitrogens with zero attached hydrogens (tertiary/aromatic N) is 5. The molecule has 0 spiro atoms. The number of hydrogen-bond acceptors (Lipinski definition) is 8. The number of aromatic nitrogens is 3. The normalized spacial score (nSPS) is 17.1. The van der Waals surface area contributed by atoms with E-state index in [1.807, 2.05) is 18.5 Å². The molecule has 2 amide bonds. The number of benzene rings is 2. The van der Waals surface area contributed by atoms with Crippen LogP contribution in [-0.2, 0) is 27.3 Å². The molecule has 0 bridgehead atoms. The molecule has 0 saturated carbocycles. The molecule has 1 atom stereocenters. The van der Waals surface area contributed by atoms with Crippen LogP contribution in [0.2, 0.25) is 0 Å². The summed E-state index contributed by atoms with van der Waals surface area (Å²) in [5.41, 5.74) is 9.35. The molecule has 252 valence electrons. The molecule has 1 fully saturated rings. The number of likely N-dealkylation sites (tertiary alicyclic amines) is 1. The summed E-state index contributed by atoms with van der Waals surface area (Å²) >= 11 is 0. The van der Waals surface area contributed by atoms with E-state index in [1.165, 1.54) is 18.1 Å². The molecule has 13 heteroatoms. The summed E-state index contributed by atoms with van der Waals surface area (Å²) in [5.74, 6) is -3.49. The lowest BCUT2D eigenvalue weighted by molar-refractivity contribution is -0.145. The Labute approximate surface area is 276 Å². The first-order chi connectivity index (χ1) is 22.9. The summed E-state index contributed by atoms with van der Waals surface area (Å²) in [6.07, 6.45) is 2.39. The minimum Gasteiger partial charge on any atom is -0.478 e. The van der Waals surface area contributed by atoms with Gasteiger partial charge in [0.1, 0.15) is 5.75 Å². The van der Waals surface area contributed by atoms with Crippen LogP contribution in [0.3, 0.4) is 0 Å². The van der Waals surface area contributed by atoms with Gasteiger partial charge in [0, 0.05) is 10.9 Å². The number of rotatable bonds is 9. The Kier molecular flexibility index (Phi) is 9.15. The number of primary amides is 1. The Bertz CT molecular complexity index is 1900. The second-order valence-electron chi connectivity index (χ2n) is 12.9. The van der Waals surface area contributed by atoms with Crippen LogP contribution in [0.4, 0.5) is 14.5 Å². The Morgan fingerprint density at radius 3 is 2.52 bits per heavy atom. The molecule has 48 heavy (non-hydrogen) atoms. The van der Waals surface area contributed by atoms with Crippen LogP contribution >= 0.6 is 0 Å². The van der Waals surface area contributed by atoms with Gasteiger partial charge in [-0.3, -0.25) is 14.4 Å². The molecule has 1 unspecified atom stereocenters. The second kappa shape index (κ2) is 13.3. The van der Waals surface area contributed by atoms with Crippen molar-refractivity contribution in [1.82, 2.24) is 19.7 Å². The van der Waals surface area contributed by atoms with Gasteiger partial charge in [-0.1, -0.05) is 26.0 Å². The average molecular weight is 661 g/mol. The van der Waals surface area contributed by atoms with Gasteiger partial charge in [0.15, 0.2) is 23.4 Å². The number of fused-ring (bicyclic) bond motifs is 2. The number of carbonyl (C=O) groups excluding carboxylic acids is 3. The quantitative estimate of drug-likeness (QED) is 0.253. The van der Waals surface area contributed by atoms with Crippen molar-refractivity contribution in [3.8, 4) is 16.9 Å². The highest BCUT2D eigenvalue weighted by atomic mass is 19.2. The van der Waals surface area contributed by atoms with E-state index < -0.39 is 35.5 Å². The van der Waals surface area contributed by atoms with Crippen LogP contribution in [0.15, 0.2) is 42.6 Å². The summed E-state index contributed by atoms with van der Waals surface area (Å²) in [5, 5.41) is 5.41. The molecule has 2 aliphatic rings. The number of methoxy groups -OCH3 is 1. The molecule has 0 radical (unpaired) electrons. The molecule has 4 aromatic rings. The fourth-order valence-corrected chi connectivity index (χ4v) is 6.54. The van der Waals surface area contributed by atoms with Crippen LogP contribution in [0.5, 0.6) is 5.75 Å². The Balaban J connectivity index is 1.51. The van der Waals surface area contributed by atoms with Gasteiger partial charge in [-0.25, -0.2) is 18.4 Å². The molecule has 1 saturated heterocycles. The molecule has 2 aliphatic heterocycles.